The molecule has 23 heavy (non-hydrogen) atoms. The number of rotatable bonds is 7. The van der Waals surface area contributed by atoms with E-state index in [0.717, 1.165) is 12.2 Å². The second-order valence-corrected chi connectivity index (χ2v) is 5.54. The third-order valence-corrected chi connectivity index (χ3v) is 3.79. The number of carbonyl (C=O) groups excluding carboxylic acids is 1. The summed E-state index contributed by atoms with van der Waals surface area (Å²) in [5.41, 5.74) is 2.83. The van der Waals surface area contributed by atoms with E-state index >= 15 is 0 Å². The number of nitrogens with zero attached hydrogens (tertiary/aromatic N) is 1. The molecule has 0 saturated carbocycles. The van der Waals surface area contributed by atoms with Gasteiger partial charge in [0, 0.05) is 37.3 Å². The summed E-state index contributed by atoms with van der Waals surface area (Å²) in [5, 5.41) is 2.78. The van der Waals surface area contributed by atoms with Crippen molar-refractivity contribution in [2.75, 3.05) is 18.0 Å². The molecule has 2 aromatic carbocycles. The van der Waals surface area contributed by atoms with Gasteiger partial charge in [-0.2, -0.15) is 0 Å². The molecule has 2 rings (SSSR count). The van der Waals surface area contributed by atoms with E-state index in [0.29, 0.717) is 18.5 Å². The highest BCUT2D eigenvalue weighted by molar-refractivity contribution is 5.76. The van der Waals surface area contributed by atoms with Crippen molar-refractivity contribution >= 4 is 11.6 Å². The van der Waals surface area contributed by atoms with E-state index in [-0.39, 0.29) is 18.3 Å². The summed E-state index contributed by atoms with van der Waals surface area (Å²) in [6.45, 7) is 5.83. The number of amides is 1. The lowest BCUT2D eigenvalue weighted by Crippen LogP contribution is -2.30. The van der Waals surface area contributed by atoms with Gasteiger partial charge in [-0.1, -0.05) is 30.3 Å². The Kier molecular flexibility index (Phi) is 6.15. The van der Waals surface area contributed by atoms with Crippen LogP contribution in [0.15, 0.2) is 48.5 Å². The highest BCUT2D eigenvalue weighted by Gasteiger charge is 2.09. The van der Waals surface area contributed by atoms with Gasteiger partial charge in [0.25, 0.3) is 0 Å². The molecule has 0 aliphatic rings. The van der Waals surface area contributed by atoms with Crippen LogP contribution in [0, 0.1) is 12.7 Å². The third kappa shape index (κ3) is 5.09. The molecule has 1 N–H and O–H groups in total. The van der Waals surface area contributed by atoms with Crippen molar-refractivity contribution in [3.05, 3.63) is 65.5 Å². The lowest BCUT2D eigenvalue weighted by atomic mass is 10.2. The van der Waals surface area contributed by atoms with Gasteiger partial charge in [-0.3, -0.25) is 4.79 Å². The maximum absolute atomic E-state index is 13.5. The zero-order valence-electron chi connectivity index (χ0n) is 13.7. The lowest BCUT2D eigenvalue weighted by molar-refractivity contribution is -0.121. The number of halogens is 1. The summed E-state index contributed by atoms with van der Waals surface area (Å²) in [7, 11) is 0. The number of anilines is 1. The number of carbonyl (C=O) groups is 1. The molecular weight excluding hydrogens is 291 g/mol. The van der Waals surface area contributed by atoms with Crippen molar-refractivity contribution < 1.29 is 9.18 Å². The van der Waals surface area contributed by atoms with Crippen LogP contribution in [-0.2, 0) is 11.3 Å². The van der Waals surface area contributed by atoms with Gasteiger partial charge in [-0.05, 0) is 37.6 Å². The Morgan fingerprint density at radius 1 is 1.17 bits per heavy atom. The Morgan fingerprint density at radius 3 is 2.65 bits per heavy atom. The first-order valence-corrected chi connectivity index (χ1v) is 7.92. The quantitative estimate of drug-likeness (QED) is 0.846. The van der Waals surface area contributed by atoms with E-state index in [2.05, 4.69) is 36.2 Å². The fourth-order valence-electron chi connectivity index (χ4n) is 2.45. The van der Waals surface area contributed by atoms with E-state index in [4.69, 9.17) is 0 Å². The summed E-state index contributed by atoms with van der Waals surface area (Å²) in [5.74, 6) is -0.359. The Labute approximate surface area is 137 Å². The van der Waals surface area contributed by atoms with Crippen LogP contribution in [0.5, 0.6) is 0 Å². The zero-order valence-corrected chi connectivity index (χ0v) is 13.7. The minimum Gasteiger partial charge on any atom is -0.371 e. The molecule has 2 aromatic rings. The lowest BCUT2D eigenvalue weighted by Gasteiger charge is -2.23. The standard InChI is InChI=1S/C19H23FN2O/c1-3-22(17-9-6-7-15(2)13-17)12-11-19(23)21-14-16-8-4-5-10-18(16)20/h4-10,13H,3,11-12,14H2,1-2H3,(H,21,23). The molecule has 0 spiro atoms. The Bertz CT molecular complexity index is 657. The minimum atomic E-state index is -0.289. The largest absolute Gasteiger partial charge is 0.371 e. The predicted molar refractivity (Wildman–Crippen MR) is 91.9 cm³/mol. The smallest absolute Gasteiger partial charge is 0.222 e. The molecule has 0 saturated heterocycles. The van der Waals surface area contributed by atoms with Gasteiger partial charge in [0.05, 0.1) is 0 Å². The van der Waals surface area contributed by atoms with Crippen molar-refractivity contribution in [2.24, 2.45) is 0 Å². The van der Waals surface area contributed by atoms with Crippen LogP contribution in [-0.4, -0.2) is 19.0 Å². The number of nitrogens with one attached hydrogen (secondary N) is 1. The van der Waals surface area contributed by atoms with Crippen molar-refractivity contribution in [1.82, 2.24) is 5.32 Å². The van der Waals surface area contributed by atoms with Crippen molar-refractivity contribution in [1.29, 1.82) is 0 Å². The fraction of sp³-hybridized carbons (Fsp3) is 0.316. The minimum absolute atomic E-state index is 0.0700. The Morgan fingerprint density at radius 2 is 1.96 bits per heavy atom. The summed E-state index contributed by atoms with van der Waals surface area (Å²) >= 11 is 0. The molecule has 1 amide bonds. The van der Waals surface area contributed by atoms with Crippen LogP contribution in [0.4, 0.5) is 10.1 Å². The van der Waals surface area contributed by atoms with Crippen LogP contribution in [0.1, 0.15) is 24.5 Å². The van der Waals surface area contributed by atoms with E-state index in [1.807, 2.05) is 12.1 Å². The Balaban J connectivity index is 1.84. The van der Waals surface area contributed by atoms with Crippen molar-refractivity contribution in [2.45, 2.75) is 26.8 Å². The van der Waals surface area contributed by atoms with Crippen LogP contribution in [0.3, 0.4) is 0 Å². The molecule has 0 radical (unpaired) electrons. The molecule has 3 nitrogen and oxygen atoms in total. The molecule has 0 unspecified atom stereocenters. The normalized spacial score (nSPS) is 10.4. The first kappa shape index (κ1) is 17.0. The molecule has 0 aliphatic heterocycles. The van der Waals surface area contributed by atoms with Gasteiger partial charge in [0.2, 0.25) is 5.91 Å². The number of aryl methyl sites for hydroxylation is 1. The molecule has 0 atom stereocenters. The maximum atomic E-state index is 13.5. The molecule has 4 heteroatoms. The maximum Gasteiger partial charge on any atom is 0.222 e. The molecule has 0 heterocycles. The fourth-order valence-corrected chi connectivity index (χ4v) is 2.45. The van der Waals surface area contributed by atoms with Gasteiger partial charge in [-0.15, -0.1) is 0 Å². The molecule has 0 fully saturated rings. The summed E-state index contributed by atoms with van der Waals surface area (Å²) in [4.78, 5) is 14.1. The topological polar surface area (TPSA) is 32.3 Å². The second-order valence-electron chi connectivity index (χ2n) is 5.54. The van der Waals surface area contributed by atoms with E-state index in [1.165, 1.54) is 11.6 Å². The molecule has 0 aliphatic carbocycles. The van der Waals surface area contributed by atoms with Gasteiger partial charge >= 0.3 is 0 Å². The highest BCUT2D eigenvalue weighted by atomic mass is 19.1. The van der Waals surface area contributed by atoms with Gasteiger partial charge in [0.15, 0.2) is 0 Å². The predicted octanol–water partition coefficient (Wildman–Crippen LogP) is 3.67. The first-order valence-electron chi connectivity index (χ1n) is 7.92. The van der Waals surface area contributed by atoms with Gasteiger partial charge in [-0.25, -0.2) is 4.39 Å². The molecule has 0 bridgehead atoms. The van der Waals surface area contributed by atoms with E-state index in [1.54, 1.807) is 18.2 Å². The average molecular weight is 314 g/mol. The van der Waals surface area contributed by atoms with Gasteiger partial charge < -0.3 is 10.2 Å². The number of hydrogen-bond acceptors (Lipinski definition) is 2. The molecular formula is C19H23FN2O. The van der Waals surface area contributed by atoms with E-state index in [9.17, 15) is 9.18 Å². The highest BCUT2D eigenvalue weighted by Crippen LogP contribution is 2.15. The summed E-state index contributed by atoms with van der Waals surface area (Å²) in [6.07, 6.45) is 0.385. The molecule has 0 aromatic heterocycles. The molecule has 122 valence electrons. The average Bonchev–Trinajstić information content (AvgIpc) is 2.55. The van der Waals surface area contributed by atoms with E-state index < -0.39 is 0 Å². The monoisotopic (exact) mass is 314 g/mol. The third-order valence-electron chi connectivity index (χ3n) is 3.79. The van der Waals surface area contributed by atoms with Gasteiger partial charge in [0.1, 0.15) is 5.82 Å². The van der Waals surface area contributed by atoms with Crippen molar-refractivity contribution in [3.8, 4) is 0 Å². The van der Waals surface area contributed by atoms with Crippen LogP contribution in [0.25, 0.3) is 0 Å². The summed E-state index contributed by atoms with van der Waals surface area (Å²) in [6, 6.07) is 14.7. The first-order chi connectivity index (χ1) is 11.1. The zero-order chi connectivity index (χ0) is 16.7. The van der Waals surface area contributed by atoms with Crippen LogP contribution in [0.2, 0.25) is 0 Å². The van der Waals surface area contributed by atoms with Crippen LogP contribution >= 0.6 is 0 Å². The summed E-state index contributed by atoms with van der Waals surface area (Å²) < 4.78 is 13.5. The van der Waals surface area contributed by atoms with Crippen molar-refractivity contribution in [3.63, 3.8) is 0 Å². The van der Waals surface area contributed by atoms with Crippen LogP contribution < -0.4 is 10.2 Å². The second kappa shape index (κ2) is 8.32. The number of hydrogen-bond donors (Lipinski definition) is 1. The number of benzene rings is 2. The Hall–Kier alpha value is -2.36. The SMILES string of the molecule is CCN(CCC(=O)NCc1ccccc1F)c1cccc(C)c1.